The SMILES string of the molecule is C[C@H]1CCCC[C@H]1NC(=O)CN1CCN(CCOc2ccccc2)CC1. The summed E-state index contributed by atoms with van der Waals surface area (Å²) in [6.07, 6.45) is 4.94. The first-order valence-corrected chi connectivity index (χ1v) is 10.1. The van der Waals surface area contributed by atoms with Gasteiger partial charge in [0, 0.05) is 38.8 Å². The largest absolute Gasteiger partial charge is 0.492 e. The van der Waals surface area contributed by atoms with Gasteiger partial charge in [-0.25, -0.2) is 0 Å². The van der Waals surface area contributed by atoms with Gasteiger partial charge in [-0.2, -0.15) is 0 Å². The van der Waals surface area contributed by atoms with Gasteiger partial charge in [-0.1, -0.05) is 38.0 Å². The van der Waals surface area contributed by atoms with E-state index < -0.39 is 0 Å². The fourth-order valence-electron chi connectivity index (χ4n) is 3.97. The second-order valence-corrected chi connectivity index (χ2v) is 7.72. The second kappa shape index (κ2) is 9.93. The summed E-state index contributed by atoms with van der Waals surface area (Å²) in [4.78, 5) is 17.0. The third-order valence-electron chi connectivity index (χ3n) is 5.71. The third kappa shape index (κ3) is 5.99. The number of hydrogen-bond acceptors (Lipinski definition) is 4. The predicted molar refractivity (Wildman–Crippen MR) is 104 cm³/mol. The number of carbonyl (C=O) groups excluding carboxylic acids is 1. The lowest BCUT2D eigenvalue weighted by Gasteiger charge is -2.35. The van der Waals surface area contributed by atoms with Gasteiger partial charge in [-0.3, -0.25) is 14.6 Å². The van der Waals surface area contributed by atoms with Crippen molar-refractivity contribution in [1.82, 2.24) is 15.1 Å². The number of carbonyl (C=O) groups is 1. The van der Waals surface area contributed by atoms with Crippen LogP contribution in [0, 0.1) is 5.92 Å². The van der Waals surface area contributed by atoms with Crippen molar-refractivity contribution in [3.8, 4) is 5.75 Å². The van der Waals surface area contributed by atoms with Gasteiger partial charge in [0.15, 0.2) is 0 Å². The van der Waals surface area contributed by atoms with Crippen LogP contribution in [-0.4, -0.2) is 67.6 Å². The van der Waals surface area contributed by atoms with E-state index in [1.807, 2.05) is 30.3 Å². The highest BCUT2D eigenvalue weighted by Crippen LogP contribution is 2.23. The van der Waals surface area contributed by atoms with E-state index in [0.29, 0.717) is 25.1 Å². The molecular formula is C21H33N3O2. The monoisotopic (exact) mass is 359 g/mol. The number of benzene rings is 1. The van der Waals surface area contributed by atoms with E-state index in [1.165, 1.54) is 19.3 Å². The summed E-state index contributed by atoms with van der Waals surface area (Å²) < 4.78 is 5.78. The van der Waals surface area contributed by atoms with Crippen LogP contribution in [0.1, 0.15) is 32.6 Å². The van der Waals surface area contributed by atoms with Crippen LogP contribution in [0.2, 0.25) is 0 Å². The zero-order valence-electron chi connectivity index (χ0n) is 16.0. The number of nitrogens with zero attached hydrogens (tertiary/aromatic N) is 2. The van der Waals surface area contributed by atoms with Crippen molar-refractivity contribution in [2.45, 2.75) is 38.6 Å². The first-order chi connectivity index (χ1) is 12.7. The average Bonchev–Trinajstić information content (AvgIpc) is 2.66. The summed E-state index contributed by atoms with van der Waals surface area (Å²) in [5.41, 5.74) is 0. The van der Waals surface area contributed by atoms with Gasteiger partial charge in [0.1, 0.15) is 12.4 Å². The number of amides is 1. The molecule has 1 aliphatic heterocycles. The van der Waals surface area contributed by atoms with Crippen LogP contribution < -0.4 is 10.1 Å². The highest BCUT2D eigenvalue weighted by atomic mass is 16.5. The van der Waals surface area contributed by atoms with Crippen LogP contribution in [0.15, 0.2) is 30.3 Å². The number of ether oxygens (including phenoxy) is 1. The maximum atomic E-state index is 12.3. The summed E-state index contributed by atoms with van der Waals surface area (Å²) in [5, 5.41) is 3.27. The third-order valence-corrected chi connectivity index (χ3v) is 5.71. The minimum atomic E-state index is 0.199. The summed E-state index contributed by atoms with van der Waals surface area (Å²) >= 11 is 0. The molecule has 1 saturated carbocycles. The lowest BCUT2D eigenvalue weighted by Crippen LogP contribution is -2.51. The van der Waals surface area contributed by atoms with Gasteiger partial charge in [-0.05, 0) is 30.9 Å². The second-order valence-electron chi connectivity index (χ2n) is 7.72. The Bertz CT molecular complexity index is 543. The van der Waals surface area contributed by atoms with Crippen LogP contribution in [-0.2, 0) is 4.79 Å². The molecule has 1 aromatic rings. The number of hydrogen-bond donors (Lipinski definition) is 1. The topological polar surface area (TPSA) is 44.8 Å². The van der Waals surface area contributed by atoms with Crippen LogP contribution in [0.4, 0.5) is 0 Å². The molecule has 2 aliphatic rings. The van der Waals surface area contributed by atoms with E-state index in [1.54, 1.807) is 0 Å². The quantitative estimate of drug-likeness (QED) is 0.812. The van der Waals surface area contributed by atoms with Gasteiger partial charge >= 0.3 is 0 Å². The summed E-state index contributed by atoms with van der Waals surface area (Å²) in [7, 11) is 0. The number of rotatable bonds is 7. The van der Waals surface area contributed by atoms with Crippen molar-refractivity contribution >= 4 is 5.91 Å². The highest BCUT2D eigenvalue weighted by molar-refractivity contribution is 5.78. The molecule has 1 heterocycles. The Morgan fingerprint density at radius 3 is 2.50 bits per heavy atom. The molecular weight excluding hydrogens is 326 g/mol. The van der Waals surface area contributed by atoms with E-state index in [2.05, 4.69) is 22.0 Å². The van der Waals surface area contributed by atoms with Crippen molar-refractivity contribution in [2.24, 2.45) is 5.92 Å². The minimum absolute atomic E-state index is 0.199. The van der Waals surface area contributed by atoms with Crippen molar-refractivity contribution in [1.29, 1.82) is 0 Å². The molecule has 0 spiro atoms. The van der Waals surface area contributed by atoms with Crippen molar-refractivity contribution < 1.29 is 9.53 Å². The minimum Gasteiger partial charge on any atom is -0.492 e. The van der Waals surface area contributed by atoms with Crippen LogP contribution >= 0.6 is 0 Å². The highest BCUT2D eigenvalue weighted by Gasteiger charge is 2.24. The predicted octanol–water partition coefficient (Wildman–Crippen LogP) is 2.38. The first kappa shape index (κ1) is 19.2. The Labute approximate surface area is 157 Å². The Hall–Kier alpha value is -1.59. The van der Waals surface area contributed by atoms with Crippen molar-refractivity contribution in [2.75, 3.05) is 45.9 Å². The zero-order chi connectivity index (χ0) is 18.2. The maximum Gasteiger partial charge on any atom is 0.234 e. The van der Waals surface area contributed by atoms with E-state index in [4.69, 9.17) is 4.74 Å². The van der Waals surface area contributed by atoms with Gasteiger partial charge < -0.3 is 10.1 Å². The Morgan fingerprint density at radius 2 is 1.77 bits per heavy atom. The Morgan fingerprint density at radius 1 is 1.08 bits per heavy atom. The molecule has 0 aromatic heterocycles. The van der Waals surface area contributed by atoms with Gasteiger partial charge in [0.25, 0.3) is 0 Å². The Balaban J connectivity index is 1.30. The summed E-state index contributed by atoms with van der Waals surface area (Å²) in [6.45, 7) is 8.38. The van der Waals surface area contributed by atoms with E-state index in [0.717, 1.165) is 44.9 Å². The van der Waals surface area contributed by atoms with Crippen LogP contribution in [0.3, 0.4) is 0 Å². The van der Waals surface area contributed by atoms with E-state index in [-0.39, 0.29) is 5.91 Å². The maximum absolute atomic E-state index is 12.3. The molecule has 5 heteroatoms. The molecule has 144 valence electrons. The number of para-hydroxylation sites is 1. The molecule has 0 bridgehead atoms. The fraction of sp³-hybridized carbons (Fsp3) is 0.667. The normalized spacial score (nSPS) is 25.0. The lowest BCUT2D eigenvalue weighted by atomic mass is 9.86. The van der Waals surface area contributed by atoms with Gasteiger partial charge in [0.05, 0.1) is 6.54 Å². The standard InChI is InChI=1S/C21H33N3O2/c1-18-7-5-6-10-20(18)22-21(25)17-24-13-11-23(12-14-24)15-16-26-19-8-3-2-4-9-19/h2-4,8-9,18,20H,5-7,10-17H2,1H3,(H,22,25)/t18-,20+/m0/s1. The number of nitrogens with one attached hydrogen (secondary N) is 1. The van der Waals surface area contributed by atoms with E-state index >= 15 is 0 Å². The molecule has 26 heavy (non-hydrogen) atoms. The molecule has 1 amide bonds. The molecule has 2 fully saturated rings. The summed E-state index contributed by atoms with van der Waals surface area (Å²) in [6, 6.07) is 10.3. The lowest BCUT2D eigenvalue weighted by molar-refractivity contribution is -0.124. The molecule has 2 atom stereocenters. The van der Waals surface area contributed by atoms with Gasteiger partial charge in [0.2, 0.25) is 5.91 Å². The molecule has 0 radical (unpaired) electrons. The number of piperazine rings is 1. The fourth-order valence-corrected chi connectivity index (χ4v) is 3.97. The molecule has 3 rings (SSSR count). The average molecular weight is 360 g/mol. The Kier molecular flexibility index (Phi) is 7.32. The zero-order valence-corrected chi connectivity index (χ0v) is 16.0. The molecule has 1 saturated heterocycles. The smallest absolute Gasteiger partial charge is 0.234 e. The van der Waals surface area contributed by atoms with Crippen molar-refractivity contribution in [3.05, 3.63) is 30.3 Å². The van der Waals surface area contributed by atoms with Crippen molar-refractivity contribution in [3.63, 3.8) is 0 Å². The molecule has 0 unspecified atom stereocenters. The summed E-state index contributed by atoms with van der Waals surface area (Å²) in [5.74, 6) is 1.75. The molecule has 1 N–H and O–H groups in total. The van der Waals surface area contributed by atoms with E-state index in [9.17, 15) is 4.79 Å². The van der Waals surface area contributed by atoms with Crippen LogP contribution in [0.25, 0.3) is 0 Å². The molecule has 1 aliphatic carbocycles. The van der Waals surface area contributed by atoms with Gasteiger partial charge in [-0.15, -0.1) is 0 Å². The molecule has 5 nitrogen and oxygen atoms in total. The first-order valence-electron chi connectivity index (χ1n) is 10.1. The van der Waals surface area contributed by atoms with Crippen LogP contribution in [0.5, 0.6) is 5.75 Å². The molecule has 1 aromatic carbocycles.